The highest BCUT2D eigenvalue weighted by Crippen LogP contribution is 2.54. The molecule has 1 aliphatic carbocycles. The molecule has 0 aromatic rings. The topological polar surface area (TPSA) is 94.5 Å². The first-order chi connectivity index (χ1) is 11.8. The molecule has 144 valence electrons. The highest BCUT2D eigenvalue weighted by Gasteiger charge is 2.62. The first-order valence-electron chi connectivity index (χ1n) is 9.33. The summed E-state index contributed by atoms with van der Waals surface area (Å²) in [6, 6.07) is 0. The second kappa shape index (κ2) is 7.12. The van der Waals surface area contributed by atoms with Crippen molar-refractivity contribution in [3.63, 3.8) is 0 Å². The predicted molar refractivity (Wildman–Crippen MR) is 87.1 cm³/mol. The largest absolute Gasteiger partial charge is 0.464 e. The van der Waals surface area contributed by atoms with Crippen molar-refractivity contribution in [3.8, 4) is 0 Å². The smallest absolute Gasteiger partial charge is 0.332 e. The molecule has 25 heavy (non-hydrogen) atoms. The Kier molecular flexibility index (Phi) is 5.42. The fourth-order valence-corrected chi connectivity index (χ4v) is 4.72. The molecular weight excluding hydrogens is 328 g/mol. The Morgan fingerprint density at radius 2 is 2.04 bits per heavy atom. The number of rotatable bonds is 4. The molecule has 7 atom stereocenters. The maximum absolute atomic E-state index is 11.6. The Labute approximate surface area is 148 Å². The van der Waals surface area contributed by atoms with Gasteiger partial charge in [0.2, 0.25) is 0 Å². The monoisotopic (exact) mass is 358 g/mol. The third-order valence-corrected chi connectivity index (χ3v) is 6.00. The Balaban J connectivity index is 1.80. The molecule has 2 heterocycles. The van der Waals surface area contributed by atoms with Crippen molar-refractivity contribution in [3.05, 3.63) is 0 Å². The van der Waals surface area contributed by atoms with E-state index in [2.05, 4.69) is 0 Å². The van der Waals surface area contributed by atoms with E-state index in [0.717, 1.165) is 19.3 Å². The molecule has 0 bridgehead atoms. The van der Waals surface area contributed by atoms with Gasteiger partial charge in [-0.2, -0.15) is 0 Å². The molecule has 2 N–H and O–H groups in total. The fraction of sp³-hybridized carbons (Fsp3) is 0.944. The third-order valence-electron chi connectivity index (χ3n) is 6.00. The molecule has 2 aliphatic heterocycles. The molecular formula is C18H30O7. The van der Waals surface area contributed by atoms with E-state index < -0.39 is 29.9 Å². The van der Waals surface area contributed by atoms with E-state index in [9.17, 15) is 15.0 Å². The van der Waals surface area contributed by atoms with Crippen molar-refractivity contribution < 1.29 is 34.0 Å². The summed E-state index contributed by atoms with van der Waals surface area (Å²) in [5.41, 5.74) is -1.14. The van der Waals surface area contributed by atoms with Crippen LogP contribution in [0, 0.1) is 17.8 Å². The highest BCUT2D eigenvalue weighted by molar-refractivity contribution is 5.70. The summed E-state index contributed by atoms with van der Waals surface area (Å²) in [4.78, 5) is 11.6. The van der Waals surface area contributed by atoms with Crippen LogP contribution in [-0.4, -0.2) is 53.4 Å². The molecule has 3 fully saturated rings. The summed E-state index contributed by atoms with van der Waals surface area (Å²) in [6.45, 7) is 5.39. The minimum atomic E-state index is -1.35. The predicted octanol–water partition coefficient (Wildman–Crippen LogP) is 1.55. The number of aliphatic hydroxyl groups is 2. The summed E-state index contributed by atoms with van der Waals surface area (Å²) in [5, 5.41) is 22.0. The zero-order chi connectivity index (χ0) is 18.2. The normalized spacial score (nSPS) is 46.8. The van der Waals surface area contributed by atoms with E-state index in [1.165, 1.54) is 0 Å². The van der Waals surface area contributed by atoms with E-state index in [1.54, 1.807) is 13.8 Å². The lowest BCUT2D eigenvalue weighted by molar-refractivity contribution is -0.405. The lowest BCUT2D eigenvalue weighted by atomic mass is 9.61. The van der Waals surface area contributed by atoms with Gasteiger partial charge in [-0.15, -0.1) is 0 Å². The standard InChI is InChI=1S/C18H30O7/c1-4-22-14(19)10-23-15-11(2)13-7-5-6-12-8-9-17(3,20)25-16(24-15)18(12,13)21/h11-13,15-16,20-21H,4-10H2,1-3H3/t11-,12?,13?,15?,16-,17?,18-/m1/s1. The van der Waals surface area contributed by atoms with Crippen LogP contribution in [0.4, 0.5) is 0 Å². The molecule has 3 rings (SSSR count). The van der Waals surface area contributed by atoms with Gasteiger partial charge in [0, 0.05) is 18.3 Å². The Hall–Kier alpha value is -0.730. The quantitative estimate of drug-likeness (QED) is 0.736. The molecule has 0 aromatic heterocycles. The van der Waals surface area contributed by atoms with Crippen molar-refractivity contribution in [2.45, 2.75) is 76.8 Å². The third kappa shape index (κ3) is 3.57. The van der Waals surface area contributed by atoms with Crippen LogP contribution in [0.2, 0.25) is 0 Å². The lowest BCUT2D eigenvalue weighted by Crippen LogP contribution is -2.65. The lowest BCUT2D eigenvalue weighted by Gasteiger charge is -2.55. The van der Waals surface area contributed by atoms with Gasteiger partial charge in [0.25, 0.3) is 0 Å². The van der Waals surface area contributed by atoms with Crippen LogP contribution >= 0.6 is 0 Å². The molecule has 7 nitrogen and oxygen atoms in total. The number of carbonyl (C=O) groups excluding carboxylic acids is 1. The summed E-state index contributed by atoms with van der Waals surface area (Å²) >= 11 is 0. The van der Waals surface area contributed by atoms with E-state index >= 15 is 0 Å². The van der Waals surface area contributed by atoms with Gasteiger partial charge in [-0.25, -0.2) is 4.79 Å². The summed E-state index contributed by atoms with van der Waals surface area (Å²) in [6.07, 6.45) is 2.25. The van der Waals surface area contributed by atoms with Gasteiger partial charge in [-0.1, -0.05) is 13.3 Å². The fourth-order valence-electron chi connectivity index (χ4n) is 4.72. The van der Waals surface area contributed by atoms with Crippen molar-refractivity contribution in [1.82, 2.24) is 0 Å². The van der Waals surface area contributed by atoms with Crippen molar-refractivity contribution in [1.29, 1.82) is 0 Å². The molecule has 7 heteroatoms. The van der Waals surface area contributed by atoms with E-state index in [1.807, 2.05) is 6.92 Å². The SMILES string of the molecule is CCOC(=O)COC1O[C@@H]2OC(C)(O)CCC3CCCC([C@H]1C)[C@]32O. The first-order valence-corrected chi connectivity index (χ1v) is 9.33. The van der Waals surface area contributed by atoms with Crippen LogP contribution in [0.25, 0.3) is 0 Å². The molecule has 4 unspecified atom stereocenters. The van der Waals surface area contributed by atoms with Gasteiger partial charge in [0.05, 0.1) is 6.61 Å². The summed E-state index contributed by atoms with van der Waals surface area (Å²) < 4.78 is 22.2. The zero-order valence-electron chi connectivity index (χ0n) is 15.3. The van der Waals surface area contributed by atoms with Gasteiger partial charge >= 0.3 is 5.97 Å². The van der Waals surface area contributed by atoms with Gasteiger partial charge in [0.1, 0.15) is 12.2 Å². The second-order valence-corrected chi connectivity index (χ2v) is 7.76. The highest BCUT2D eigenvalue weighted by atomic mass is 16.8. The molecule has 2 saturated heterocycles. The molecule has 0 spiro atoms. The van der Waals surface area contributed by atoms with Crippen LogP contribution in [0.1, 0.15) is 52.9 Å². The van der Waals surface area contributed by atoms with Gasteiger partial charge in [0.15, 0.2) is 18.4 Å². The van der Waals surface area contributed by atoms with E-state index in [4.69, 9.17) is 18.9 Å². The number of ether oxygens (including phenoxy) is 4. The molecule has 0 aromatic carbocycles. The van der Waals surface area contributed by atoms with Crippen LogP contribution < -0.4 is 0 Å². The molecule has 3 aliphatic rings. The maximum Gasteiger partial charge on any atom is 0.332 e. The van der Waals surface area contributed by atoms with Crippen LogP contribution in [0.5, 0.6) is 0 Å². The first kappa shape index (κ1) is 19.0. The summed E-state index contributed by atoms with van der Waals surface area (Å²) in [5.74, 6) is -1.93. The maximum atomic E-state index is 11.6. The molecule has 1 saturated carbocycles. The number of carbonyl (C=O) groups is 1. The number of esters is 1. The minimum Gasteiger partial charge on any atom is -0.464 e. The van der Waals surface area contributed by atoms with Crippen LogP contribution in [0.3, 0.4) is 0 Å². The molecule has 0 amide bonds. The molecule has 0 radical (unpaired) electrons. The van der Waals surface area contributed by atoms with E-state index in [0.29, 0.717) is 19.4 Å². The Morgan fingerprint density at radius 3 is 2.76 bits per heavy atom. The van der Waals surface area contributed by atoms with Crippen molar-refractivity contribution in [2.24, 2.45) is 17.8 Å². The number of hydrogen-bond donors (Lipinski definition) is 2. The second-order valence-electron chi connectivity index (χ2n) is 7.76. The van der Waals surface area contributed by atoms with Gasteiger partial charge in [-0.3, -0.25) is 0 Å². The van der Waals surface area contributed by atoms with Crippen molar-refractivity contribution in [2.75, 3.05) is 13.2 Å². The van der Waals surface area contributed by atoms with E-state index in [-0.39, 0.29) is 24.4 Å². The minimum absolute atomic E-state index is 0.0266. The Bertz CT molecular complexity index is 494. The zero-order valence-corrected chi connectivity index (χ0v) is 15.3. The Morgan fingerprint density at radius 1 is 1.28 bits per heavy atom. The summed E-state index contributed by atoms with van der Waals surface area (Å²) in [7, 11) is 0. The van der Waals surface area contributed by atoms with Crippen LogP contribution in [0.15, 0.2) is 0 Å². The number of hydrogen-bond acceptors (Lipinski definition) is 7. The van der Waals surface area contributed by atoms with Gasteiger partial charge < -0.3 is 29.2 Å². The van der Waals surface area contributed by atoms with Crippen LogP contribution in [-0.2, 0) is 23.7 Å². The average Bonchev–Trinajstić information content (AvgIpc) is 2.64. The average molecular weight is 358 g/mol. The van der Waals surface area contributed by atoms with Gasteiger partial charge in [-0.05, 0) is 39.0 Å². The van der Waals surface area contributed by atoms with Crippen molar-refractivity contribution >= 4 is 5.97 Å².